The molecular weight excluding hydrogens is 182 g/mol. The second kappa shape index (κ2) is 4.41. The van der Waals surface area contributed by atoms with E-state index >= 15 is 0 Å². The largest absolute Gasteiger partial charge is 0.507 e. The summed E-state index contributed by atoms with van der Waals surface area (Å²) >= 11 is 0. The van der Waals surface area contributed by atoms with Gasteiger partial charge < -0.3 is 5.11 Å². The number of para-hydroxylation sites is 1. The SMILES string of the molecule is CC/C(=C\c1ccccc1O)[N+](=O)[O-]. The van der Waals surface area contributed by atoms with Gasteiger partial charge in [0, 0.05) is 18.1 Å². The highest BCUT2D eigenvalue weighted by Crippen LogP contribution is 2.19. The molecule has 0 aromatic heterocycles. The fourth-order valence-corrected chi connectivity index (χ4v) is 1.07. The summed E-state index contributed by atoms with van der Waals surface area (Å²) in [7, 11) is 0. The van der Waals surface area contributed by atoms with Crippen LogP contribution in [0.2, 0.25) is 0 Å². The van der Waals surface area contributed by atoms with Gasteiger partial charge in [-0.1, -0.05) is 25.1 Å². The smallest absolute Gasteiger partial charge is 0.246 e. The topological polar surface area (TPSA) is 63.4 Å². The summed E-state index contributed by atoms with van der Waals surface area (Å²) in [5.41, 5.74) is 0.563. The van der Waals surface area contributed by atoms with Crippen molar-refractivity contribution in [2.24, 2.45) is 0 Å². The number of nitrogens with zero attached hydrogens (tertiary/aromatic N) is 1. The highest BCUT2D eigenvalue weighted by Gasteiger charge is 2.08. The first-order valence-electron chi connectivity index (χ1n) is 4.28. The van der Waals surface area contributed by atoms with Crippen molar-refractivity contribution in [3.63, 3.8) is 0 Å². The van der Waals surface area contributed by atoms with Crippen LogP contribution >= 0.6 is 0 Å². The number of hydrogen-bond donors (Lipinski definition) is 1. The van der Waals surface area contributed by atoms with Crippen molar-refractivity contribution >= 4 is 6.08 Å². The van der Waals surface area contributed by atoms with Crippen LogP contribution < -0.4 is 0 Å². The second-order valence-electron chi connectivity index (χ2n) is 2.81. The third kappa shape index (κ3) is 2.32. The Labute approximate surface area is 81.6 Å². The molecule has 0 amide bonds. The summed E-state index contributed by atoms with van der Waals surface area (Å²) < 4.78 is 0. The standard InChI is InChI=1S/C10H11NO3/c1-2-9(11(13)14)7-8-5-3-4-6-10(8)12/h3-7,12H,2H2,1H3/b9-7+. The summed E-state index contributed by atoms with van der Waals surface area (Å²) in [6.45, 7) is 1.70. The molecule has 0 saturated carbocycles. The predicted molar refractivity (Wildman–Crippen MR) is 53.4 cm³/mol. The van der Waals surface area contributed by atoms with E-state index in [0.717, 1.165) is 0 Å². The molecular formula is C10H11NO3. The van der Waals surface area contributed by atoms with Gasteiger partial charge in [0.25, 0.3) is 0 Å². The van der Waals surface area contributed by atoms with Crippen LogP contribution in [-0.2, 0) is 0 Å². The van der Waals surface area contributed by atoms with E-state index in [1.54, 1.807) is 25.1 Å². The van der Waals surface area contributed by atoms with E-state index in [9.17, 15) is 15.2 Å². The average Bonchev–Trinajstić information content (AvgIpc) is 2.16. The first-order chi connectivity index (χ1) is 6.65. The molecule has 0 spiro atoms. The van der Waals surface area contributed by atoms with Crippen molar-refractivity contribution < 1.29 is 10.0 Å². The molecule has 1 rings (SSSR count). The van der Waals surface area contributed by atoms with Crippen LogP contribution in [-0.4, -0.2) is 10.0 Å². The van der Waals surface area contributed by atoms with Gasteiger partial charge in [-0.05, 0) is 6.07 Å². The Bertz CT molecular complexity index is 371. The van der Waals surface area contributed by atoms with Crippen LogP contribution in [0.25, 0.3) is 6.08 Å². The van der Waals surface area contributed by atoms with Crippen LogP contribution in [0.15, 0.2) is 30.0 Å². The van der Waals surface area contributed by atoms with Gasteiger partial charge in [-0.3, -0.25) is 10.1 Å². The summed E-state index contributed by atoms with van der Waals surface area (Å²) in [6.07, 6.45) is 1.72. The van der Waals surface area contributed by atoms with E-state index in [1.165, 1.54) is 12.1 Å². The predicted octanol–water partition coefficient (Wildman–Crippen LogP) is 2.42. The monoisotopic (exact) mass is 193 g/mol. The maximum Gasteiger partial charge on any atom is 0.246 e. The lowest BCUT2D eigenvalue weighted by Crippen LogP contribution is -1.96. The van der Waals surface area contributed by atoms with Gasteiger partial charge in [-0.2, -0.15) is 0 Å². The van der Waals surface area contributed by atoms with Gasteiger partial charge >= 0.3 is 0 Å². The Morgan fingerprint density at radius 3 is 2.71 bits per heavy atom. The van der Waals surface area contributed by atoms with Gasteiger partial charge in [0.2, 0.25) is 5.70 Å². The number of benzene rings is 1. The summed E-state index contributed by atoms with van der Waals surface area (Å²) in [6, 6.07) is 6.52. The zero-order valence-corrected chi connectivity index (χ0v) is 7.80. The Morgan fingerprint density at radius 1 is 1.57 bits per heavy atom. The first kappa shape index (κ1) is 10.2. The maximum absolute atomic E-state index is 10.5. The number of allylic oxidation sites excluding steroid dienone is 1. The summed E-state index contributed by atoms with van der Waals surface area (Å²) in [5.74, 6) is 0.0558. The molecule has 14 heavy (non-hydrogen) atoms. The molecule has 1 N–H and O–H groups in total. The normalized spacial score (nSPS) is 11.4. The molecule has 74 valence electrons. The Morgan fingerprint density at radius 2 is 2.21 bits per heavy atom. The number of phenolic OH excluding ortho intramolecular Hbond substituents is 1. The third-order valence-electron chi connectivity index (χ3n) is 1.86. The van der Waals surface area contributed by atoms with Crippen molar-refractivity contribution in [3.05, 3.63) is 45.6 Å². The lowest BCUT2D eigenvalue weighted by molar-refractivity contribution is -0.425. The number of hydrogen-bond acceptors (Lipinski definition) is 3. The zero-order chi connectivity index (χ0) is 10.6. The quantitative estimate of drug-likeness (QED) is 0.592. The molecule has 1 aromatic rings. The molecule has 0 atom stereocenters. The number of rotatable bonds is 3. The molecule has 0 fully saturated rings. The van der Waals surface area contributed by atoms with Gasteiger partial charge in [-0.15, -0.1) is 0 Å². The molecule has 0 aliphatic rings. The molecule has 0 radical (unpaired) electrons. The molecule has 0 aliphatic carbocycles. The molecule has 1 aromatic carbocycles. The average molecular weight is 193 g/mol. The van der Waals surface area contributed by atoms with Crippen molar-refractivity contribution in [1.82, 2.24) is 0 Å². The van der Waals surface area contributed by atoms with E-state index in [2.05, 4.69) is 0 Å². The zero-order valence-electron chi connectivity index (χ0n) is 7.80. The van der Waals surface area contributed by atoms with Crippen LogP contribution in [0.3, 0.4) is 0 Å². The van der Waals surface area contributed by atoms with Gasteiger partial charge in [-0.25, -0.2) is 0 Å². The molecule has 0 unspecified atom stereocenters. The summed E-state index contributed by atoms with van der Waals surface area (Å²) in [4.78, 5) is 10.1. The van der Waals surface area contributed by atoms with Crippen molar-refractivity contribution in [2.75, 3.05) is 0 Å². The number of nitro groups is 1. The third-order valence-corrected chi connectivity index (χ3v) is 1.86. The lowest BCUT2D eigenvalue weighted by Gasteiger charge is -1.98. The Kier molecular flexibility index (Phi) is 3.23. The maximum atomic E-state index is 10.5. The molecule has 0 aliphatic heterocycles. The molecule has 4 heteroatoms. The number of phenols is 1. The van der Waals surface area contributed by atoms with Crippen LogP contribution in [0.1, 0.15) is 18.9 Å². The fourth-order valence-electron chi connectivity index (χ4n) is 1.07. The van der Waals surface area contributed by atoms with Crippen molar-refractivity contribution in [2.45, 2.75) is 13.3 Å². The minimum atomic E-state index is -0.438. The van der Waals surface area contributed by atoms with E-state index in [1.807, 2.05) is 0 Å². The van der Waals surface area contributed by atoms with Gasteiger partial charge in [0.15, 0.2) is 0 Å². The highest BCUT2D eigenvalue weighted by molar-refractivity contribution is 5.57. The van der Waals surface area contributed by atoms with Crippen molar-refractivity contribution in [3.8, 4) is 5.75 Å². The van der Waals surface area contributed by atoms with E-state index in [4.69, 9.17) is 0 Å². The van der Waals surface area contributed by atoms with Gasteiger partial charge in [0.1, 0.15) is 5.75 Å². The second-order valence-corrected chi connectivity index (χ2v) is 2.81. The lowest BCUT2D eigenvalue weighted by atomic mass is 10.1. The Balaban J connectivity index is 3.07. The van der Waals surface area contributed by atoms with Gasteiger partial charge in [0.05, 0.1) is 4.92 Å². The van der Waals surface area contributed by atoms with E-state index in [-0.39, 0.29) is 11.4 Å². The molecule has 0 bridgehead atoms. The van der Waals surface area contributed by atoms with Crippen LogP contribution in [0.5, 0.6) is 5.75 Å². The number of aromatic hydroxyl groups is 1. The highest BCUT2D eigenvalue weighted by atomic mass is 16.6. The van der Waals surface area contributed by atoms with Crippen LogP contribution in [0, 0.1) is 10.1 Å². The summed E-state index contributed by atoms with van der Waals surface area (Å²) in [5, 5.41) is 19.9. The minimum absolute atomic E-state index is 0.0558. The Hall–Kier alpha value is -1.84. The molecule has 4 nitrogen and oxygen atoms in total. The van der Waals surface area contributed by atoms with Crippen LogP contribution in [0.4, 0.5) is 0 Å². The van der Waals surface area contributed by atoms with Crippen molar-refractivity contribution in [1.29, 1.82) is 0 Å². The minimum Gasteiger partial charge on any atom is -0.507 e. The molecule has 0 saturated heterocycles. The fraction of sp³-hybridized carbons (Fsp3) is 0.200. The molecule has 0 heterocycles. The first-order valence-corrected chi connectivity index (χ1v) is 4.28. The van der Waals surface area contributed by atoms with E-state index in [0.29, 0.717) is 12.0 Å². The van der Waals surface area contributed by atoms with E-state index < -0.39 is 4.92 Å².